The summed E-state index contributed by atoms with van der Waals surface area (Å²) in [5, 5.41) is 7.17. The number of rotatable bonds is 3. The molecule has 1 aromatic heterocycles. The number of nitrogens with zero attached hydrogens (tertiary/aromatic N) is 1. The minimum Gasteiger partial charge on any atom is -0.308 e. The van der Waals surface area contributed by atoms with Crippen LogP contribution in [0.5, 0.6) is 0 Å². The summed E-state index contributed by atoms with van der Waals surface area (Å²) in [4.78, 5) is 4.20. The van der Waals surface area contributed by atoms with Gasteiger partial charge in [-0.25, -0.2) is 0 Å². The number of aromatic nitrogens is 1. The molecule has 13 heavy (non-hydrogen) atoms. The quantitative estimate of drug-likeness (QED) is 0.552. The zero-order chi connectivity index (χ0) is 9.68. The van der Waals surface area contributed by atoms with Crippen molar-refractivity contribution in [2.45, 2.75) is 6.92 Å². The lowest BCUT2D eigenvalue weighted by atomic mass is 10.1. The third-order valence-electron chi connectivity index (χ3n) is 1.66. The Morgan fingerprint density at radius 2 is 2.31 bits per heavy atom. The van der Waals surface area contributed by atoms with E-state index in [9.17, 15) is 0 Å². The number of nitrogens with one attached hydrogen (secondary N) is 1. The van der Waals surface area contributed by atoms with Crippen LogP contribution < -0.4 is 0 Å². The number of aryl methyl sites for hydroxylation is 1. The molecule has 0 aromatic carbocycles. The summed E-state index contributed by atoms with van der Waals surface area (Å²) in [7, 11) is 0. The van der Waals surface area contributed by atoms with Gasteiger partial charge in [-0.1, -0.05) is 24.8 Å². The van der Waals surface area contributed by atoms with Gasteiger partial charge in [0, 0.05) is 18.0 Å². The monoisotopic (exact) mass is 172 g/mol. The Bertz CT molecular complexity index is 334. The van der Waals surface area contributed by atoms with Crippen LogP contribution in [0, 0.1) is 12.3 Å². The fraction of sp³-hybridized carbons (Fsp3) is 0.0909. The van der Waals surface area contributed by atoms with Gasteiger partial charge in [0.15, 0.2) is 0 Å². The van der Waals surface area contributed by atoms with E-state index >= 15 is 0 Å². The van der Waals surface area contributed by atoms with Gasteiger partial charge in [0.2, 0.25) is 0 Å². The van der Waals surface area contributed by atoms with Crippen molar-refractivity contribution in [3.05, 3.63) is 48.3 Å². The third-order valence-corrected chi connectivity index (χ3v) is 1.66. The third kappa shape index (κ3) is 2.37. The highest BCUT2D eigenvalue weighted by molar-refractivity contribution is 6.07. The standard InChI is InChI=1S/C11H12N2/c1-3-4-10(7-12)11-6-5-9(2)8-13-11/h3-8,12H,1H2,2H3/b10-4+,12-7?. The Hall–Kier alpha value is -1.70. The summed E-state index contributed by atoms with van der Waals surface area (Å²) in [6.07, 6.45) is 6.49. The Morgan fingerprint density at radius 3 is 2.77 bits per heavy atom. The minimum atomic E-state index is 0.773. The van der Waals surface area contributed by atoms with Gasteiger partial charge in [-0.05, 0) is 18.6 Å². The second-order valence-electron chi connectivity index (χ2n) is 2.72. The average molecular weight is 172 g/mol. The number of hydrogen-bond donors (Lipinski definition) is 1. The molecule has 0 saturated heterocycles. The molecule has 0 radical (unpaired) electrons. The van der Waals surface area contributed by atoms with Gasteiger partial charge in [0.05, 0.1) is 5.69 Å². The van der Waals surface area contributed by atoms with Crippen LogP contribution in [0.3, 0.4) is 0 Å². The fourth-order valence-electron chi connectivity index (χ4n) is 0.973. The predicted octanol–water partition coefficient (Wildman–Crippen LogP) is 2.61. The largest absolute Gasteiger partial charge is 0.308 e. The predicted molar refractivity (Wildman–Crippen MR) is 55.9 cm³/mol. The Balaban J connectivity index is 3.06. The van der Waals surface area contributed by atoms with E-state index in [0.29, 0.717) is 0 Å². The van der Waals surface area contributed by atoms with E-state index in [1.807, 2.05) is 19.1 Å². The van der Waals surface area contributed by atoms with Crippen molar-refractivity contribution < 1.29 is 0 Å². The van der Waals surface area contributed by atoms with E-state index in [2.05, 4.69) is 11.6 Å². The molecule has 0 aliphatic rings. The van der Waals surface area contributed by atoms with E-state index in [1.165, 1.54) is 6.21 Å². The SMILES string of the molecule is C=C/C=C(\C=N)c1ccc(C)cn1. The highest BCUT2D eigenvalue weighted by atomic mass is 14.7. The van der Waals surface area contributed by atoms with Crippen molar-refractivity contribution in [3.63, 3.8) is 0 Å². The summed E-state index contributed by atoms with van der Waals surface area (Å²) >= 11 is 0. The van der Waals surface area contributed by atoms with Crippen molar-refractivity contribution in [1.82, 2.24) is 4.98 Å². The minimum absolute atomic E-state index is 0.773. The first-order chi connectivity index (χ1) is 6.27. The van der Waals surface area contributed by atoms with E-state index in [0.717, 1.165) is 16.8 Å². The van der Waals surface area contributed by atoms with Crippen LogP contribution in [0.4, 0.5) is 0 Å². The van der Waals surface area contributed by atoms with Crippen LogP contribution in [0.2, 0.25) is 0 Å². The first-order valence-corrected chi connectivity index (χ1v) is 4.04. The normalized spacial score (nSPS) is 11.0. The Labute approximate surface area is 78.1 Å². The number of allylic oxidation sites excluding steroid dienone is 3. The summed E-state index contributed by atoms with van der Waals surface area (Å²) in [5.74, 6) is 0. The molecule has 0 unspecified atom stereocenters. The zero-order valence-corrected chi connectivity index (χ0v) is 7.62. The summed E-state index contributed by atoms with van der Waals surface area (Å²) in [6.45, 7) is 5.57. The van der Waals surface area contributed by atoms with Crippen molar-refractivity contribution in [3.8, 4) is 0 Å². The molecule has 1 aromatic rings. The first kappa shape index (κ1) is 9.39. The molecule has 0 fully saturated rings. The number of pyridine rings is 1. The maximum absolute atomic E-state index is 7.17. The van der Waals surface area contributed by atoms with Gasteiger partial charge < -0.3 is 5.41 Å². The molecular formula is C11H12N2. The molecule has 0 aliphatic carbocycles. The van der Waals surface area contributed by atoms with E-state index < -0.39 is 0 Å². The summed E-state index contributed by atoms with van der Waals surface area (Å²) in [6, 6.07) is 3.87. The summed E-state index contributed by atoms with van der Waals surface area (Å²) in [5.41, 5.74) is 2.70. The smallest absolute Gasteiger partial charge is 0.0717 e. The Morgan fingerprint density at radius 1 is 1.54 bits per heavy atom. The number of hydrogen-bond acceptors (Lipinski definition) is 2. The maximum Gasteiger partial charge on any atom is 0.0717 e. The zero-order valence-electron chi connectivity index (χ0n) is 7.62. The highest BCUT2D eigenvalue weighted by Gasteiger charge is 1.97. The maximum atomic E-state index is 7.17. The van der Waals surface area contributed by atoms with Gasteiger partial charge in [-0.3, -0.25) is 4.98 Å². The molecule has 0 bridgehead atoms. The summed E-state index contributed by atoms with van der Waals surface area (Å²) < 4.78 is 0. The first-order valence-electron chi connectivity index (χ1n) is 4.04. The van der Waals surface area contributed by atoms with Crippen LogP contribution in [0.1, 0.15) is 11.3 Å². The second kappa shape index (κ2) is 4.36. The van der Waals surface area contributed by atoms with Crippen molar-refractivity contribution >= 4 is 11.8 Å². The van der Waals surface area contributed by atoms with E-state index in [-0.39, 0.29) is 0 Å². The molecule has 2 nitrogen and oxygen atoms in total. The van der Waals surface area contributed by atoms with Crippen LogP contribution in [0.25, 0.3) is 5.57 Å². The molecule has 66 valence electrons. The Kier molecular flexibility index (Phi) is 3.15. The van der Waals surface area contributed by atoms with Gasteiger partial charge >= 0.3 is 0 Å². The van der Waals surface area contributed by atoms with Crippen molar-refractivity contribution in [2.75, 3.05) is 0 Å². The van der Waals surface area contributed by atoms with Crippen LogP contribution in [0.15, 0.2) is 37.1 Å². The molecule has 2 heteroatoms. The molecule has 1 rings (SSSR count). The van der Waals surface area contributed by atoms with Crippen LogP contribution >= 0.6 is 0 Å². The van der Waals surface area contributed by atoms with Crippen LogP contribution in [-0.2, 0) is 0 Å². The molecule has 0 aliphatic heterocycles. The van der Waals surface area contributed by atoms with E-state index in [1.54, 1.807) is 18.3 Å². The molecule has 0 amide bonds. The highest BCUT2D eigenvalue weighted by Crippen LogP contribution is 2.09. The molecule has 0 saturated carbocycles. The topological polar surface area (TPSA) is 36.7 Å². The van der Waals surface area contributed by atoms with Gasteiger partial charge in [0.25, 0.3) is 0 Å². The van der Waals surface area contributed by atoms with Gasteiger partial charge in [-0.2, -0.15) is 0 Å². The van der Waals surface area contributed by atoms with Gasteiger partial charge in [0.1, 0.15) is 0 Å². The average Bonchev–Trinajstić information content (AvgIpc) is 2.16. The van der Waals surface area contributed by atoms with Crippen molar-refractivity contribution in [2.24, 2.45) is 0 Å². The van der Waals surface area contributed by atoms with Crippen molar-refractivity contribution in [1.29, 1.82) is 5.41 Å². The molecule has 0 atom stereocenters. The van der Waals surface area contributed by atoms with Gasteiger partial charge in [-0.15, -0.1) is 0 Å². The molecule has 1 heterocycles. The lowest BCUT2D eigenvalue weighted by molar-refractivity contribution is 1.24. The second-order valence-corrected chi connectivity index (χ2v) is 2.72. The lowest BCUT2D eigenvalue weighted by Crippen LogP contribution is -1.89. The molecule has 1 N–H and O–H groups in total. The fourth-order valence-corrected chi connectivity index (χ4v) is 0.973. The van der Waals surface area contributed by atoms with Crippen LogP contribution in [-0.4, -0.2) is 11.2 Å². The lowest BCUT2D eigenvalue weighted by Gasteiger charge is -1.99. The molecule has 0 spiro atoms. The molecular weight excluding hydrogens is 160 g/mol. The van der Waals surface area contributed by atoms with E-state index in [4.69, 9.17) is 5.41 Å².